The lowest BCUT2D eigenvalue weighted by Crippen LogP contribution is -2.50. The first-order valence-electron chi connectivity index (χ1n) is 6.15. The molecule has 1 heterocycles. The predicted octanol–water partition coefficient (Wildman–Crippen LogP) is 2.97. The van der Waals surface area contributed by atoms with Crippen molar-refractivity contribution in [2.45, 2.75) is 25.3 Å². The Morgan fingerprint density at radius 2 is 2.22 bits per heavy atom. The van der Waals surface area contributed by atoms with Crippen LogP contribution < -0.4 is 11.1 Å². The summed E-state index contributed by atoms with van der Waals surface area (Å²) in [6.07, 6.45) is 2.12. The zero-order valence-corrected chi connectivity index (χ0v) is 11.1. The zero-order valence-electron chi connectivity index (χ0n) is 10.3. The van der Waals surface area contributed by atoms with Gasteiger partial charge in [0, 0.05) is 10.4 Å². The highest BCUT2D eigenvalue weighted by molar-refractivity contribution is 7.17. The summed E-state index contributed by atoms with van der Waals surface area (Å²) in [5.41, 5.74) is 6.17. The molecule has 1 saturated carbocycles. The number of rotatable bonds is 3. The van der Waals surface area contributed by atoms with Gasteiger partial charge in [0.2, 0.25) is 5.91 Å². The Morgan fingerprint density at radius 1 is 1.44 bits per heavy atom. The number of fused-ring (bicyclic) bond motifs is 1. The number of hydrogen-bond donors (Lipinski definition) is 2. The van der Waals surface area contributed by atoms with Gasteiger partial charge in [-0.05, 0) is 60.7 Å². The first kappa shape index (κ1) is 11.7. The van der Waals surface area contributed by atoms with Crippen LogP contribution in [0.15, 0.2) is 29.6 Å². The van der Waals surface area contributed by atoms with E-state index < -0.39 is 5.54 Å². The third-order valence-corrected chi connectivity index (χ3v) is 4.52. The lowest BCUT2D eigenvalue weighted by Gasteiger charge is -2.23. The van der Waals surface area contributed by atoms with E-state index in [1.54, 1.807) is 11.3 Å². The number of thiophene rings is 1. The van der Waals surface area contributed by atoms with Gasteiger partial charge >= 0.3 is 0 Å². The smallest absolute Gasteiger partial charge is 0.244 e. The van der Waals surface area contributed by atoms with E-state index in [1.807, 2.05) is 30.5 Å². The molecule has 3 nitrogen and oxygen atoms in total. The third-order valence-electron chi connectivity index (χ3n) is 3.62. The van der Waals surface area contributed by atoms with Gasteiger partial charge in [-0.1, -0.05) is 0 Å². The molecule has 1 unspecified atom stereocenters. The minimum atomic E-state index is -0.746. The van der Waals surface area contributed by atoms with E-state index in [2.05, 4.69) is 11.4 Å². The Hall–Kier alpha value is -1.39. The third kappa shape index (κ3) is 2.02. The van der Waals surface area contributed by atoms with Gasteiger partial charge in [0.1, 0.15) is 0 Å². The Balaban J connectivity index is 1.81. The van der Waals surface area contributed by atoms with Crippen molar-refractivity contribution < 1.29 is 4.79 Å². The second kappa shape index (κ2) is 4.07. The number of nitrogens with two attached hydrogens (primary N) is 1. The molecule has 1 aromatic heterocycles. The molecule has 1 aliphatic carbocycles. The van der Waals surface area contributed by atoms with Crippen LogP contribution in [0.25, 0.3) is 10.1 Å². The van der Waals surface area contributed by atoms with Gasteiger partial charge in [-0.3, -0.25) is 4.79 Å². The van der Waals surface area contributed by atoms with Gasteiger partial charge in [0.15, 0.2) is 0 Å². The topological polar surface area (TPSA) is 55.1 Å². The fraction of sp³-hybridized carbons (Fsp3) is 0.357. The minimum Gasteiger partial charge on any atom is -0.324 e. The number of nitrogens with one attached hydrogen (secondary N) is 1. The van der Waals surface area contributed by atoms with E-state index in [-0.39, 0.29) is 5.91 Å². The Morgan fingerprint density at radius 3 is 2.94 bits per heavy atom. The molecule has 1 aromatic carbocycles. The molecule has 94 valence electrons. The summed E-state index contributed by atoms with van der Waals surface area (Å²) in [5, 5.41) is 6.13. The molecule has 1 atom stereocenters. The quantitative estimate of drug-likeness (QED) is 0.891. The van der Waals surface area contributed by atoms with Gasteiger partial charge < -0.3 is 11.1 Å². The van der Waals surface area contributed by atoms with E-state index in [4.69, 9.17) is 5.73 Å². The summed E-state index contributed by atoms with van der Waals surface area (Å²) in [7, 11) is 0. The van der Waals surface area contributed by atoms with Gasteiger partial charge in [-0.25, -0.2) is 0 Å². The number of anilines is 1. The molecule has 0 radical (unpaired) electrons. The molecule has 3 rings (SSSR count). The molecule has 18 heavy (non-hydrogen) atoms. The summed E-state index contributed by atoms with van der Waals surface area (Å²) in [6.45, 7) is 1.82. The SMILES string of the molecule is CC(N)(C(=O)Nc1ccc2sccc2c1)C1CC1. The summed E-state index contributed by atoms with van der Waals surface area (Å²) in [4.78, 5) is 12.2. The van der Waals surface area contributed by atoms with E-state index in [0.29, 0.717) is 5.92 Å². The van der Waals surface area contributed by atoms with Crippen LogP contribution in [-0.4, -0.2) is 11.4 Å². The molecular formula is C14H16N2OS. The molecule has 2 aromatic rings. The van der Waals surface area contributed by atoms with Crippen molar-refractivity contribution in [1.29, 1.82) is 0 Å². The Labute approximate surface area is 110 Å². The maximum Gasteiger partial charge on any atom is 0.244 e. The summed E-state index contributed by atoms with van der Waals surface area (Å²) < 4.78 is 1.23. The Bertz CT molecular complexity index is 599. The van der Waals surface area contributed by atoms with Crippen molar-refractivity contribution in [2.24, 2.45) is 11.7 Å². The van der Waals surface area contributed by atoms with Crippen LogP contribution in [0.4, 0.5) is 5.69 Å². The predicted molar refractivity (Wildman–Crippen MR) is 75.8 cm³/mol. The highest BCUT2D eigenvalue weighted by Gasteiger charge is 2.44. The monoisotopic (exact) mass is 260 g/mol. The molecule has 1 aliphatic rings. The average Bonchev–Trinajstić information content (AvgIpc) is 3.09. The molecule has 3 N–H and O–H groups in total. The van der Waals surface area contributed by atoms with Crippen LogP contribution >= 0.6 is 11.3 Å². The maximum absolute atomic E-state index is 12.2. The van der Waals surface area contributed by atoms with Crippen molar-refractivity contribution in [3.63, 3.8) is 0 Å². The van der Waals surface area contributed by atoms with E-state index >= 15 is 0 Å². The highest BCUT2D eigenvalue weighted by Crippen LogP contribution is 2.38. The van der Waals surface area contributed by atoms with Crippen LogP contribution in [0, 0.1) is 5.92 Å². The lowest BCUT2D eigenvalue weighted by atomic mass is 9.96. The molecule has 1 fully saturated rings. The number of carbonyl (C=O) groups excluding carboxylic acids is 1. The number of carbonyl (C=O) groups is 1. The molecule has 0 spiro atoms. The van der Waals surface area contributed by atoms with Crippen molar-refractivity contribution in [1.82, 2.24) is 0 Å². The van der Waals surface area contributed by atoms with Crippen molar-refractivity contribution >= 4 is 33.0 Å². The number of hydrogen-bond acceptors (Lipinski definition) is 3. The van der Waals surface area contributed by atoms with E-state index in [9.17, 15) is 4.79 Å². The summed E-state index contributed by atoms with van der Waals surface area (Å²) >= 11 is 1.70. The standard InChI is InChI=1S/C14H16N2OS/c1-14(15,10-2-3-10)13(17)16-11-4-5-12-9(8-11)6-7-18-12/h4-8,10H,2-3,15H2,1H3,(H,16,17). The molecule has 0 saturated heterocycles. The van der Waals surface area contributed by atoms with Gasteiger partial charge in [0.25, 0.3) is 0 Å². The van der Waals surface area contributed by atoms with Crippen LogP contribution in [0.1, 0.15) is 19.8 Å². The highest BCUT2D eigenvalue weighted by atomic mass is 32.1. The van der Waals surface area contributed by atoms with Crippen molar-refractivity contribution in [3.05, 3.63) is 29.6 Å². The van der Waals surface area contributed by atoms with Crippen LogP contribution in [0.2, 0.25) is 0 Å². The summed E-state index contributed by atoms with van der Waals surface area (Å²) in [6, 6.07) is 8.01. The van der Waals surface area contributed by atoms with Crippen LogP contribution in [0.3, 0.4) is 0 Å². The summed E-state index contributed by atoms with van der Waals surface area (Å²) in [5.74, 6) is 0.252. The second-order valence-electron chi connectivity index (χ2n) is 5.18. The van der Waals surface area contributed by atoms with Gasteiger partial charge in [-0.15, -0.1) is 11.3 Å². The molecule has 4 heteroatoms. The molecule has 0 aliphatic heterocycles. The Kier molecular flexibility index (Phi) is 2.64. The van der Waals surface area contributed by atoms with E-state index in [1.165, 1.54) is 4.70 Å². The average molecular weight is 260 g/mol. The fourth-order valence-electron chi connectivity index (χ4n) is 2.18. The molecular weight excluding hydrogens is 244 g/mol. The van der Waals surface area contributed by atoms with Crippen molar-refractivity contribution in [2.75, 3.05) is 5.32 Å². The minimum absolute atomic E-state index is 0.0837. The van der Waals surface area contributed by atoms with E-state index in [0.717, 1.165) is 23.9 Å². The van der Waals surface area contributed by atoms with Crippen LogP contribution in [-0.2, 0) is 4.79 Å². The maximum atomic E-state index is 12.2. The fourth-order valence-corrected chi connectivity index (χ4v) is 2.95. The normalized spacial score (nSPS) is 18.6. The molecule has 1 amide bonds. The zero-order chi connectivity index (χ0) is 12.8. The van der Waals surface area contributed by atoms with Gasteiger partial charge in [-0.2, -0.15) is 0 Å². The van der Waals surface area contributed by atoms with Crippen molar-refractivity contribution in [3.8, 4) is 0 Å². The first-order valence-corrected chi connectivity index (χ1v) is 7.03. The lowest BCUT2D eigenvalue weighted by molar-refractivity contribution is -0.121. The van der Waals surface area contributed by atoms with Gasteiger partial charge in [0.05, 0.1) is 5.54 Å². The largest absolute Gasteiger partial charge is 0.324 e. The van der Waals surface area contributed by atoms with Crippen LogP contribution in [0.5, 0.6) is 0 Å². The molecule has 0 bridgehead atoms. The first-order chi connectivity index (χ1) is 8.57. The second-order valence-corrected chi connectivity index (χ2v) is 6.13. The number of benzene rings is 1. The number of amides is 1.